The number of hydrogen-bond acceptors (Lipinski definition) is 1. The van der Waals surface area contributed by atoms with Gasteiger partial charge < -0.3 is 0 Å². The zero-order valence-electron chi connectivity index (χ0n) is 8.35. The summed E-state index contributed by atoms with van der Waals surface area (Å²) in [6, 6.07) is 0. The van der Waals surface area contributed by atoms with E-state index in [0.29, 0.717) is 5.41 Å². The van der Waals surface area contributed by atoms with Crippen LogP contribution in [0.1, 0.15) is 47.0 Å². The lowest BCUT2D eigenvalue weighted by molar-refractivity contribution is 0.385. The first-order chi connectivity index (χ1) is 5.06. The summed E-state index contributed by atoms with van der Waals surface area (Å²) in [5, 5.41) is 0. The molecule has 0 heterocycles. The van der Waals surface area contributed by atoms with Gasteiger partial charge in [-0.3, -0.25) is 4.99 Å². The molecule has 0 amide bonds. The molecule has 0 aliphatic rings. The molecular weight excluding hydrogens is 134 g/mol. The second-order valence-electron chi connectivity index (χ2n) is 4.19. The van der Waals surface area contributed by atoms with Crippen LogP contribution in [0.25, 0.3) is 0 Å². The lowest BCUT2D eigenvalue weighted by Gasteiger charge is -2.15. The Morgan fingerprint density at radius 1 is 1.27 bits per heavy atom. The van der Waals surface area contributed by atoms with E-state index in [1.165, 1.54) is 12.8 Å². The first-order valence-electron chi connectivity index (χ1n) is 4.54. The van der Waals surface area contributed by atoms with Crippen molar-refractivity contribution in [2.24, 2.45) is 10.4 Å². The summed E-state index contributed by atoms with van der Waals surface area (Å²) >= 11 is 0. The highest BCUT2D eigenvalue weighted by Crippen LogP contribution is 2.17. The van der Waals surface area contributed by atoms with Crippen LogP contribution >= 0.6 is 0 Å². The Balaban J connectivity index is 3.27. The zero-order chi connectivity index (χ0) is 8.74. The van der Waals surface area contributed by atoms with E-state index in [1.54, 1.807) is 0 Å². The Hall–Kier alpha value is -0.330. The van der Waals surface area contributed by atoms with E-state index in [-0.39, 0.29) is 0 Å². The molecule has 1 heteroatoms. The van der Waals surface area contributed by atoms with Crippen LogP contribution in [0.3, 0.4) is 0 Å². The molecule has 0 aromatic heterocycles. The minimum absolute atomic E-state index is 0.434. The van der Waals surface area contributed by atoms with Gasteiger partial charge >= 0.3 is 0 Å². The highest BCUT2D eigenvalue weighted by atomic mass is 14.7. The largest absolute Gasteiger partial charge is 0.298 e. The first kappa shape index (κ1) is 10.7. The molecule has 0 saturated carbocycles. The molecule has 0 fully saturated rings. The van der Waals surface area contributed by atoms with Gasteiger partial charge in [-0.1, -0.05) is 34.1 Å². The molecule has 0 saturated heterocycles. The molecule has 0 radical (unpaired) electrons. The fraction of sp³-hybridized carbons (Fsp3) is 0.900. The molecule has 0 aliphatic carbocycles. The lowest BCUT2D eigenvalue weighted by Crippen LogP contribution is -2.06. The van der Waals surface area contributed by atoms with Gasteiger partial charge in [0.05, 0.1) is 0 Å². The Kier molecular flexibility index (Phi) is 5.18. The van der Waals surface area contributed by atoms with Gasteiger partial charge in [-0.2, -0.15) is 0 Å². The number of unbranched alkanes of at least 4 members (excludes halogenated alkanes) is 1. The standard InChI is InChI=1S/C10H21N/c1-5-6-8-11-9-7-10(2,3)4/h8H,5-7,9H2,1-4H3/b11-8+. The molecule has 0 atom stereocenters. The average molecular weight is 155 g/mol. The zero-order valence-corrected chi connectivity index (χ0v) is 8.35. The van der Waals surface area contributed by atoms with Crippen molar-refractivity contribution in [2.75, 3.05) is 6.54 Å². The van der Waals surface area contributed by atoms with Gasteiger partial charge in [0.25, 0.3) is 0 Å². The van der Waals surface area contributed by atoms with Crippen molar-refractivity contribution >= 4 is 6.21 Å². The third kappa shape index (κ3) is 9.67. The maximum Gasteiger partial charge on any atom is 0.0390 e. The van der Waals surface area contributed by atoms with Crippen LogP contribution in [0.15, 0.2) is 4.99 Å². The number of aliphatic imine (C=N–C) groups is 1. The van der Waals surface area contributed by atoms with E-state index in [0.717, 1.165) is 13.0 Å². The summed E-state index contributed by atoms with van der Waals surface area (Å²) in [5.74, 6) is 0. The maximum atomic E-state index is 4.32. The van der Waals surface area contributed by atoms with Crippen LogP contribution in [-0.4, -0.2) is 12.8 Å². The van der Waals surface area contributed by atoms with Crippen LogP contribution in [0.5, 0.6) is 0 Å². The van der Waals surface area contributed by atoms with Crippen LogP contribution in [0.4, 0.5) is 0 Å². The van der Waals surface area contributed by atoms with Gasteiger partial charge in [0, 0.05) is 6.54 Å². The highest BCUT2D eigenvalue weighted by molar-refractivity contribution is 5.56. The SMILES string of the molecule is CCC/C=N/CCC(C)(C)C. The lowest BCUT2D eigenvalue weighted by atomic mass is 9.92. The summed E-state index contributed by atoms with van der Waals surface area (Å²) in [6.07, 6.45) is 5.57. The summed E-state index contributed by atoms with van der Waals surface area (Å²) in [4.78, 5) is 4.32. The van der Waals surface area contributed by atoms with Gasteiger partial charge in [-0.15, -0.1) is 0 Å². The fourth-order valence-corrected chi connectivity index (χ4v) is 0.712. The molecule has 66 valence electrons. The number of rotatable bonds is 4. The second kappa shape index (κ2) is 5.34. The summed E-state index contributed by atoms with van der Waals surface area (Å²) < 4.78 is 0. The third-order valence-corrected chi connectivity index (χ3v) is 1.54. The predicted molar refractivity (Wildman–Crippen MR) is 52.3 cm³/mol. The van der Waals surface area contributed by atoms with Gasteiger partial charge in [0.2, 0.25) is 0 Å². The van der Waals surface area contributed by atoms with Crippen LogP contribution < -0.4 is 0 Å². The van der Waals surface area contributed by atoms with Gasteiger partial charge in [0.1, 0.15) is 0 Å². The Morgan fingerprint density at radius 3 is 2.36 bits per heavy atom. The van der Waals surface area contributed by atoms with Crippen molar-refractivity contribution in [3.8, 4) is 0 Å². The van der Waals surface area contributed by atoms with Gasteiger partial charge in [-0.25, -0.2) is 0 Å². The molecule has 0 aromatic rings. The van der Waals surface area contributed by atoms with Crippen molar-refractivity contribution in [1.82, 2.24) is 0 Å². The van der Waals surface area contributed by atoms with Crippen molar-refractivity contribution in [2.45, 2.75) is 47.0 Å². The molecule has 0 N–H and O–H groups in total. The number of nitrogens with zero attached hydrogens (tertiary/aromatic N) is 1. The van der Waals surface area contributed by atoms with Crippen molar-refractivity contribution in [3.63, 3.8) is 0 Å². The fourth-order valence-electron chi connectivity index (χ4n) is 0.712. The monoisotopic (exact) mass is 155 g/mol. The first-order valence-corrected chi connectivity index (χ1v) is 4.54. The minimum atomic E-state index is 0.434. The van der Waals surface area contributed by atoms with E-state index >= 15 is 0 Å². The molecule has 0 spiro atoms. The third-order valence-electron chi connectivity index (χ3n) is 1.54. The Morgan fingerprint density at radius 2 is 1.91 bits per heavy atom. The quantitative estimate of drug-likeness (QED) is 0.552. The Bertz CT molecular complexity index is 109. The van der Waals surface area contributed by atoms with Crippen molar-refractivity contribution in [3.05, 3.63) is 0 Å². The summed E-state index contributed by atoms with van der Waals surface area (Å²) in [6.45, 7) is 9.92. The topological polar surface area (TPSA) is 12.4 Å². The summed E-state index contributed by atoms with van der Waals surface area (Å²) in [5.41, 5.74) is 0.434. The van der Waals surface area contributed by atoms with Crippen molar-refractivity contribution in [1.29, 1.82) is 0 Å². The minimum Gasteiger partial charge on any atom is -0.298 e. The van der Waals surface area contributed by atoms with E-state index in [4.69, 9.17) is 0 Å². The molecule has 0 aliphatic heterocycles. The number of hydrogen-bond donors (Lipinski definition) is 0. The van der Waals surface area contributed by atoms with Gasteiger partial charge in [-0.05, 0) is 24.5 Å². The van der Waals surface area contributed by atoms with E-state index < -0.39 is 0 Å². The van der Waals surface area contributed by atoms with E-state index in [1.807, 2.05) is 6.21 Å². The van der Waals surface area contributed by atoms with E-state index in [2.05, 4.69) is 32.7 Å². The molecule has 11 heavy (non-hydrogen) atoms. The normalized spacial score (nSPS) is 12.7. The van der Waals surface area contributed by atoms with Crippen LogP contribution in [-0.2, 0) is 0 Å². The van der Waals surface area contributed by atoms with Crippen LogP contribution in [0, 0.1) is 5.41 Å². The van der Waals surface area contributed by atoms with Crippen LogP contribution in [0.2, 0.25) is 0 Å². The highest BCUT2D eigenvalue weighted by Gasteiger charge is 2.07. The molecule has 0 unspecified atom stereocenters. The van der Waals surface area contributed by atoms with Gasteiger partial charge in [0.15, 0.2) is 0 Å². The summed E-state index contributed by atoms with van der Waals surface area (Å²) in [7, 11) is 0. The molecule has 0 aromatic carbocycles. The predicted octanol–water partition coefficient (Wildman–Crippen LogP) is 3.29. The molecule has 0 bridgehead atoms. The molecular formula is C10H21N. The van der Waals surface area contributed by atoms with E-state index in [9.17, 15) is 0 Å². The molecule has 1 nitrogen and oxygen atoms in total. The Labute approximate surface area is 70.9 Å². The van der Waals surface area contributed by atoms with Crippen molar-refractivity contribution < 1.29 is 0 Å². The maximum absolute atomic E-state index is 4.32. The smallest absolute Gasteiger partial charge is 0.0390 e. The second-order valence-corrected chi connectivity index (χ2v) is 4.19. The molecule has 0 rings (SSSR count). The average Bonchev–Trinajstić information content (AvgIpc) is 1.85.